The summed E-state index contributed by atoms with van der Waals surface area (Å²) in [6, 6.07) is 1.21. The van der Waals surface area contributed by atoms with E-state index in [9.17, 15) is 17.4 Å². The van der Waals surface area contributed by atoms with Crippen molar-refractivity contribution in [3.8, 4) is 0 Å². The molecule has 0 saturated carbocycles. The second kappa shape index (κ2) is 6.51. The third-order valence-corrected chi connectivity index (χ3v) is 3.93. The maximum absolute atomic E-state index is 12.5. The molecule has 4 nitrogen and oxygen atoms in total. The number of alkyl halides is 3. The molecular formula is C10H13ClF3N3OS. The molecule has 0 aliphatic rings. The molecule has 0 bridgehead atoms. The number of rotatable bonds is 5. The maximum Gasteiger partial charge on any atom is 0.451 e. The molecule has 0 spiro atoms. The van der Waals surface area contributed by atoms with Crippen LogP contribution in [0, 0.1) is 0 Å². The van der Waals surface area contributed by atoms with Crippen molar-refractivity contribution in [2.24, 2.45) is 0 Å². The summed E-state index contributed by atoms with van der Waals surface area (Å²) < 4.78 is 48.5. The van der Waals surface area contributed by atoms with Crippen molar-refractivity contribution in [3.05, 3.63) is 17.0 Å². The molecule has 0 saturated heterocycles. The molecule has 2 atom stereocenters. The molecule has 1 aromatic rings. The van der Waals surface area contributed by atoms with E-state index in [0.29, 0.717) is 13.0 Å². The minimum absolute atomic E-state index is 0.00131. The van der Waals surface area contributed by atoms with Crippen molar-refractivity contribution in [2.75, 3.05) is 18.1 Å². The van der Waals surface area contributed by atoms with Gasteiger partial charge in [0.25, 0.3) is 0 Å². The van der Waals surface area contributed by atoms with Crippen LogP contribution in [0.1, 0.15) is 19.2 Å². The summed E-state index contributed by atoms with van der Waals surface area (Å²) in [6.07, 6.45) is -2.51. The largest absolute Gasteiger partial charge is 0.451 e. The summed E-state index contributed by atoms with van der Waals surface area (Å²) in [7, 11) is -0.970. The fourth-order valence-electron chi connectivity index (χ4n) is 1.20. The van der Waals surface area contributed by atoms with Crippen LogP contribution in [0.25, 0.3) is 0 Å². The minimum Gasteiger partial charge on any atom is -0.370 e. The van der Waals surface area contributed by atoms with Gasteiger partial charge in [0.15, 0.2) is 0 Å². The van der Waals surface area contributed by atoms with Gasteiger partial charge < -0.3 is 5.32 Å². The highest BCUT2D eigenvalue weighted by atomic mass is 35.5. The molecule has 0 radical (unpaired) electrons. The van der Waals surface area contributed by atoms with Crippen molar-refractivity contribution >= 4 is 28.2 Å². The lowest BCUT2D eigenvalue weighted by molar-refractivity contribution is -0.144. The van der Waals surface area contributed by atoms with Crippen molar-refractivity contribution < 1.29 is 17.4 Å². The summed E-state index contributed by atoms with van der Waals surface area (Å²) in [5, 5.41) is 2.38. The van der Waals surface area contributed by atoms with Gasteiger partial charge in [0, 0.05) is 34.9 Å². The molecule has 1 rings (SSSR count). The van der Waals surface area contributed by atoms with E-state index in [1.807, 2.05) is 0 Å². The first-order valence-electron chi connectivity index (χ1n) is 5.38. The predicted octanol–water partition coefficient (Wildman–Crippen LogP) is 2.72. The Morgan fingerprint density at radius 2 is 2.11 bits per heavy atom. The Hall–Kier alpha value is -0.890. The smallest absolute Gasteiger partial charge is 0.370 e. The van der Waals surface area contributed by atoms with Crippen LogP contribution in [-0.4, -0.2) is 32.2 Å². The minimum atomic E-state index is -4.64. The number of hydrogen-bond acceptors (Lipinski definition) is 4. The molecule has 0 aliphatic heterocycles. The van der Waals surface area contributed by atoms with E-state index in [2.05, 4.69) is 15.3 Å². The van der Waals surface area contributed by atoms with Gasteiger partial charge in [-0.05, 0) is 6.42 Å². The third kappa shape index (κ3) is 5.32. The highest BCUT2D eigenvalue weighted by Gasteiger charge is 2.35. The molecule has 1 N–H and O–H groups in total. The van der Waals surface area contributed by atoms with E-state index in [1.54, 1.807) is 13.2 Å². The van der Waals surface area contributed by atoms with E-state index < -0.39 is 22.8 Å². The lowest BCUT2D eigenvalue weighted by atomic mass is 10.3. The Labute approximate surface area is 116 Å². The van der Waals surface area contributed by atoms with Crippen LogP contribution in [0.15, 0.2) is 6.07 Å². The first-order chi connectivity index (χ1) is 8.70. The quantitative estimate of drug-likeness (QED) is 0.849. The van der Waals surface area contributed by atoms with Crippen LogP contribution in [0.4, 0.5) is 19.0 Å². The topological polar surface area (TPSA) is 54.9 Å². The maximum atomic E-state index is 12.5. The van der Waals surface area contributed by atoms with Crippen LogP contribution >= 0.6 is 11.6 Å². The zero-order chi connectivity index (χ0) is 14.6. The standard InChI is InChI=1S/C10H13ClF3N3OS/c1-6(19(2)18)3-4-15-8-5-7(11)16-9(17-8)10(12,13)14/h5-6H,3-4H2,1-2H3,(H,15,16,17). The van der Waals surface area contributed by atoms with E-state index in [4.69, 9.17) is 11.6 Å². The van der Waals surface area contributed by atoms with Crippen molar-refractivity contribution in [3.63, 3.8) is 0 Å². The van der Waals surface area contributed by atoms with Gasteiger partial charge in [0.05, 0.1) is 0 Å². The molecule has 1 aromatic heterocycles. The molecule has 1 heterocycles. The highest BCUT2D eigenvalue weighted by molar-refractivity contribution is 7.84. The molecule has 19 heavy (non-hydrogen) atoms. The van der Waals surface area contributed by atoms with Crippen molar-refractivity contribution in [1.82, 2.24) is 9.97 Å². The Morgan fingerprint density at radius 1 is 1.47 bits per heavy atom. The summed E-state index contributed by atoms with van der Waals surface area (Å²) in [6.45, 7) is 2.15. The monoisotopic (exact) mass is 315 g/mol. The Morgan fingerprint density at radius 3 is 2.63 bits per heavy atom. The van der Waals surface area contributed by atoms with Gasteiger partial charge in [0.2, 0.25) is 5.82 Å². The van der Waals surface area contributed by atoms with E-state index in [-0.39, 0.29) is 16.2 Å². The highest BCUT2D eigenvalue weighted by Crippen LogP contribution is 2.28. The van der Waals surface area contributed by atoms with Gasteiger partial charge in [-0.25, -0.2) is 9.97 Å². The zero-order valence-electron chi connectivity index (χ0n) is 10.3. The molecule has 0 aliphatic carbocycles. The second-order valence-corrected chi connectivity index (χ2v) is 6.11. The van der Waals surface area contributed by atoms with E-state index in [1.165, 1.54) is 6.07 Å². The summed E-state index contributed by atoms with van der Waals surface area (Å²) >= 11 is 5.51. The van der Waals surface area contributed by atoms with Crippen LogP contribution < -0.4 is 5.32 Å². The van der Waals surface area contributed by atoms with Gasteiger partial charge in [0.1, 0.15) is 11.0 Å². The molecule has 0 fully saturated rings. The molecule has 2 unspecified atom stereocenters. The zero-order valence-corrected chi connectivity index (χ0v) is 11.9. The fraction of sp³-hybridized carbons (Fsp3) is 0.600. The van der Waals surface area contributed by atoms with E-state index in [0.717, 1.165) is 0 Å². The fourth-order valence-corrected chi connectivity index (χ4v) is 1.84. The Kier molecular flexibility index (Phi) is 5.54. The summed E-state index contributed by atoms with van der Waals surface area (Å²) in [5.74, 6) is -1.28. The average Bonchev–Trinajstić information content (AvgIpc) is 2.26. The number of hydrogen-bond donors (Lipinski definition) is 1. The van der Waals surface area contributed by atoms with Gasteiger partial charge in [-0.3, -0.25) is 4.21 Å². The SMILES string of the molecule is CC(CCNc1cc(Cl)nc(C(F)(F)F)n1)S(C)=O. The average molecular weight is 316 g/mol. The number of anilines is 1. The number of aromatic nitrogens is 2. The molecular weight excluding hydrogens is 303 g/mol. The van der Waals surface area contributed by atoms with Gasteiger partial charge >= 0.3 is 6.18 Å². The second-order valence-electron chi connectivity index (χ2n) is 3.92. The lowest BCUT2D eigenvalue weighted by Crippen LogP contribution is -2.17. The predicted molar refractivity (Wildman–Crippen MR) is 68.7 cm³/mol. The van der Waals surface area contributed by atoms with Crippen LogP contribution in [0.2, 0.25) is 5.15 Å². The molecule has 0 amide bonds. The molecule has 0 aromatic carbocycles. The number of halogens is 4. The third-order valence-electron chi connectivity index (χ3n) is 2.37. The first kappa shape index (κ1) is 16.2. The first-order valence-corrected chi connectivity index (χ1v) is 7.38. The van der Waals surface area contributed by atoms with Crippen LogP contribution in [0.5, 0.6) is 0 Å². The van der Waals surface area contributed by atoms with Crippen molar-refractivity contribution in [2.45, 2.75) is 24.8 Å². The van der Waals surface area contributed by atoms with Gasteiger partial charge in [-0.1, -0.05) is 18.5 Å². The summed E-state index contributed by atoms with van der Waals surface area (Å²) in [5.41, 5.74) is 0. The summed E-state index contributed by atoms with van der Waals surface area (Å²) in [4.78, 5) is 6.46. The van der Waals surface area contributed by atoms with Crippen LogP contribution in [-0.2, 0) is 17.0 Å². The Balaban J connectivity index is 2.69. The Bertz CT molecular complexity index is 470. The molecule has 9 heteroatoms. The lowest BCUT2D eigenvalue weighted by Gasteiger charge is -2.11. The normalized spacial score (nSPS) is 15.1. The van der Waals surface area contributed by atoms with Crippen molar-refractivity contribution in [1.29, 1.82) is 0 Å². The van der Waals surface area contributed by atoms with Crippen LogP contribution in [0.3, 0.4) is 0 Å². The number of nitrogens with one attached hydrogen (secondary N) is 1. The van der Waals surface area contributed by atoms with Gasteiger partial charge in [-0.2, -0.15) is 13.2 Å². The van der Waals surface area contributed by atoms with E-state index >= 15 is 0 Å². The number of nitrogens with zero attached hydrogens (tertiary/aromatic N) is 2. The van der Waals surface area contributed by atoms with Gasteiger partial charge in [-0.15, -0.1) is 0 Å². The molecule has 108 valence electrons.